The van der Waals surface area contributed by atoms with Crippen molar-refractivity contribution in [1.29, 1.82) is 0 Å². The molecule has 0 aromatic rings. The van der Waals surface area contributed by atoms with Crippen molar-refractivity contribution in [3.8, 4) is 0 Å². The fraction of sp³-hybridized carbons (Fsp3) is 0.905. The number of rotatable bonds is 4. The van der Waals surface area contributed by atoms with Crippen molar-refractivity contribution >= 4 is 11.8 Å². The highest BCUT2D eigenvalue weighted by Gasteiger charge is 2.51. The predicted molar refractivity (Wildman–Crippen MR) is 99.6 cm³/mol. The normalized spacial score (nSPS) is 29.0. The third-order valence-electron chi connectivity index (χ3n) is 7.50. The van der Waals surface area contributed by atoms with Gasteiger partial charge in [-0.05, 0) is 43.4 Å². The van der Waals surface area contributed by atoms with Gasteiger partial charge in [0.05, 0.1) is 13.2 Å². The van der Waals surface area contributed by atoms with E-state index in [9.17, 15) is 9.59 Å². The summed E-state index contributed by atoms with van der Waals surface area (Å²) < 4.78 is 5.35. The van der Waals surface area contributed by atoms with Crippen LogP contribution in [0, 0.1) is 17.3 Å². The fourth-order valence-corrected chi connectivity index (χ4v) is 5.67. The van der Waals surface area contributed by atoms with E-state index < -0.39 is 0 Å². The van der Waals surface area contributed by atoms with E-state index in [1.54, 1.807) is 0 Å². The second-order valence-electron chi connectivity index (χ2n) is 9.00. The third-order valence-corrected chi connectivity index (χ3v) is 7.50. The van der Waals surface area contributed by atoms with Crippen molar-refractivity contribution in [2.45, 2.75) is 64.2 Å². The number of hydrogen-bond donors (Lipinski definition) is 0. The first kappa shape index (κ1) is 18.3. The lowest BCUT2D eigenvalue weighted by molar-refractivity contribution is -0.136. The van der Waals surface area contributed by atoms with Crippen LogP contribution in [0.15, 0.2) is 0 Å². The molecular weight excluding hydrogens is 328 g/mol. The van der Waals surface area contributed by atoms with Crippen LogP contribution in [0.5, 0.6) is 0 Å². The summed E-state index contributed by atoms with van der Waals surface area (Å²) in [5.74, 6) is 1.49. The van der Waals surface area contributed by atoms with E-state index in [0.29, 0.717) is 36.9 Å². The van der Waals surface area contributed by atoms with Gasteiger partial charge in [0.2, 0.25) is 11.8 Å². The topological polar surface area (TPSA) is 49.9 Å². The molecule has 4 fully saturated rings. The summed E-state index contributed by atoms with van der Waals surface area (Å²) in [4.78, 5) is 29.7. The first-order valence-electron chi connectivity index (χ1n) is 10.8. The third kappa shape index (κ3) is 3.64. The van der Waals surface area contributed by atoms with Gasteiger partial charge in [0.25, 0.3) is 0 Å². The van der Waals surface area contributed by atoms with Crippen LogP contribution in [0.1, 0.15) is 64.2 Å². The molecule has 0 aromatic carbocycles. The van der Waals surface area contributed by atoms with Crippen LogP contribution < -0.4 is 0 Å². The van der Waals surface area contributed by atoms with Crippen LogP contribution in [0.2, 0.25) is 0 Å². The summed E-state index contributed by atoms with van der Waals surface area (Å²) in [6.45, 7) is 4.66. The quantitative estimate of drug-likeness (QED) is 0.773. The maximum Gasteiger partial charge on any atom is 0.225 e. The van der Waals surface area contributed by atoms with E-state index >= 15 is 0 Å². The molecular formula is C21H34N2O3. The molecule has 2 amide bonds. The molecule has 2 aliphatic carbocycles. The zero-order valence-corrected chi connectivity index (χ0v) is 16.1. The van der Waals surface area contributed by atoms with Crippen molar-refractivity contribution < 1.29 is 14.3 Å². The lowest BCUT2D eigenvalue weighted by Crippen LogP contribution is -2.42. The molecule has 1 atom stereocenters. The van der Waals surface area contributed by atoms with Gasteiger partial charge in [-0.1, -0.05) is 25.7 Å². The number of ether oxygens (including phenoxy) is 1. The minimum atomic E-state index is 0.273. The molecule has 146 valence electrons. The van der Waals surface area contributed by atoms with E-state index in [4.69, 9.17) is 4.74 Å². The zero-order chi connectivity index (χ0) is 18.0. The average molecular weight is 363 g/mol. The molecule has 0 bridgehead atoms. The minimum Gasteiger partial charge on any atom is -0.378 e. The lowest BCUT2D eigenvalue weighted by Gasteiger charge is -2.43. The van der Waals surface area contributed by atoms with Crippen LogP contribution in [-0.2, 0) is 14.3 Å². The Hall–Kier alpha value is -1.10. The number of morpholine rings is 1. The van der Waals surface area contributed by atoms with E-state index in [0.717, 1.165) is 45.4 Å². The van der Waals surface area contributed by atoms with Gasteiger partial charge in [0.1, 0.15) is 0 Å². The maximum absolute atomic E-state index is 13.0. The number of nitrogens with zero attached hydrogens (tertiary/aromatic N) is 2. The number of likely N-dealkylation sites (tertiary alicyclic amines) is 1. The van der Waals surface area contributed by atoms with E-state index in [1.165, 1.54) is 38.5 Å². The molecule has 4 aliphatic rings. The van der Waals surface area contributed by atoms with Crippen molar-refractivity contribution in [3.63, 3.8) is 0 Å². The van der Waals surface area contributed by atoms with Crippen molar-refractivity contribution in [1.82, 2.24) is 9.80 Å². The molecule has 1 unspecified atom stereocenters. The molecule has 0 radical (unpaired) electrons. The smallest absolute Gasteiger partial charge is 0.225 e. The van der Waals surface area contributed by atoms with Crippen molar-refractivity contribution in [3.05, 3.63) is 0 Å². The first-order chi connectivity index (χ1) is 12.7. The van der Waals surface area contributed by atoms with Gasteiger partial charge in [-0.3, -0.25) is 9.59 Å². The summed E-state index contributed by atoms with van der Waals surface area (Å²) in [6, 6.07) is 0. The highest BCUT2D eigenvalue weighted by Crippen LogP contribution is 2.53. The van der Waals surface area contributed by atoms with Crippen molar-refractivity contribution in [2.75, 3.05) is 39.4 Å². The molecule has 0 N–H and O–H groups in total. The number of hydrogen-bond acceptors (Lipinski definition) is 3. The maximum atomic E-state index is 13.0. The monoisotopic (exact) mass is 362 g/mol. The molecule has 0 aromatic heterocycles. The van der Waals surface area contributed by atoms with Gasteiger partial charge in [0.15, 0.2) is 0 Å². The van der Waals surface area contributed by atoms with Crippen molar-refractivity contribution in [2.24, 2.45) is 17.3 Å². The summed E-state index contributed by atoms with van der Waals surface area (Å²) >= 11 is 0. The van der Waals surface area contributed by atoms with Crippen LogP contribution in [0.4, 0.5) is 0 Å². The Morgan fingerprint density at radius 3 is 2.35 bits per heavy atom. The van der Waals surface area contributed by atoms with E-state index in [2.05, 4.69) is 4.90 Å². The second kappa shape index (κ2) is 7.87. The molecule has 5 heteroatoms. The summed E-state index contributed by atoms with van der Waals surface area (Å²) in [6.07, 6.45) is 11.3. The largest absolute Gasteiger partial charge is 0.378 e. The standard InChI is InChI=1S/C21H34N2O3/c24-19(22-11-13-26-14-12-22)8-7-18-15-23(16-21(18)9-4-10-21)20(25)17-5-2-1-3-6-17/h17-18H,1-16H2. The molecule has 1 spiro atoms. The van der Waals surface area contributed by atoms with Gasteiger partial charge in [-0.2, -0.15) is 0 Å². The molecule has 2 heterocycles. The zero-order valence-electron chi connectivity index (χ0n) is 16.1. The second-order valence-corrected chi connectivity index (χ2v) is 9.00. The predicted octanol–water partition coefficient (Wildman–Crippen LogP) is 2.83. The molecule has 2 saturated heterocycles. The number of carbonyl (C=O) groups is 2. The van der Waals surface area contributed by atoms with Crippen LogP contribution in [0.3, 0.4) is 0 Å². The Morgan fingerprint density at radius 1 is 0.962 bits per heavy atom. The number of carbonyl (C=O) groups excluding carboxylic acids is 2. The Kier molecular flexibility index (Phi) is 5.53. The van der Waals surface area contributed by atoms with E-state index in [1.807, 2.05) is 4.90 Å². The molecule has 26 heavy (non-hydrogen) atoms. The van der Waals surface area contributed by atoms with Gasteiger partial charge in [-0.25, -0.2) is 0 Å². The fourth-order valence-electron chi connectivity index (χ4n) is 5.67. The van der Waals surface area contributed by atoms with Crippen LogP contribution in [0.25, 0.3) is 0 Å². The average Bonchev–Trinajstić information content (AvgIpc) is 3.07. The number of amides is 2. The highest BCUT2D eigenvalue weighted by atomic mass is 16.5. The Balaban J connectivity index is 1.33. The summed E-state index contributed by atoms with van der Waals surface area (Å²) in [7, 11) is 0. The van der Waals surface area contributed by atoms with Gasteiger partial charge < -0.3 is 14.5 Å². The molecule has 5 nitrogen and oxygen atoms in total. The van der Waals surface area contributed by atoms with Crippen LogP contribution >= 0.6 is 0 Å². The molecule has 2 aliphatic heterocycles. The molecule has 2 saturated carbocycles. The van der Waals surface area contributed by atoms with Crippen LogP contribution in [-0.4, -0.2) is 61.0 Å². The summed E-state index contributed by atoms with van der Waals surface area (Å²) in [5, 5.41) is 0. The minimum absolute atomic E-state index is 0.273. The lowest BCUT2D eigenvalue weighted by atomic mass is 9.62. The Morgan fingerprint density at radius 2 is 1.69 bits per heavy atom. The summed E-state index contributed by atoms with van der Waals surface area (Å²) in [5.41, 5.74) is 0.329. The van der Waals surface area contributed by atoms with Gasteiger partial charge in [0, 0.05) is 38.5 Å². The first-order valence-corrected chi connectivity index (χ1v) is 10.8. The Bertz CT molecular complexity index is 519. The molecule has 4 rings (SSSR count). The highest BCUT2D eigenvalue weighted by molar-refractivity contribution is 5.79. The van der Waals surface area contributed by atoms with E-state index in [-0.39, 0.29) is 11.8 Å². The SMILES string of the molecule is O=C(CCC1CN(C(=O)C2CCCCC2)CC12CCC2)N1CCOCC1. The van der Waals surface area contributed by atoms with Gasteiger partial charge >= 0.3 is 0 Å². The van der Waals surface area contributed by atoms with Gasteiger partial charge in [-0.15, -0.1) is 0 Å². The Labute approximate surface area is 157 Å².